The summed E-state index contributed by atoms with van der Waals surface area (Å²) in [5.74, 6) is 0.286. The van der Waals surface area contributed by atoms with Crippen LogP contribution in [0.2, 0.25) is 5.02 Å². The second-order valence-corrected chi connectivity index (χ2v) is 22.5. The normalized spacial score (nSPS) is 20.2. The van der Waals surface area contributed by atoms with Gasteiger partial charge in [0.1, 0.15) is 46.4 Å². The molecule has 4 amide bonds. The summed E-state index contributed by atoms with van der Waals surface area (Å²) in [6.07, 6.45) is 2.25. The fraction of sp³-hybridized carbons (Fsp3) is 0.375. The summed E-state index contributed by atoms with van der Waals surface area (Å²) >= 11 is 7.94. The van der Waals surface area contributed by atoms with Crippen molar-refractivity contribution in [2.45, 2.75) is 123 Å². The summed E-state index contributed by atoms with van der Waals surface area (Å²) in [6, 6.07) is 23.3. The number of aromatic nitrogens is 4. The van der Waals surface area contributed by atoms with Crippen LogP contribution in [-0.2, 0) is 14.4 Å². The first kappa shape index (κ1) is 50.5. The van der Waals surface area contributed by atoms with Gasteiger partial charge in [-0.3, -0.25) is 28.7 Å². The van der Waals surface area contributed by atoms with Crippen molar-refractivity contribution in [2.24, 2.45) is 10.4 Å². The van der Waals surface area contributed by atoms with Crippen molar-refractivity contribution < 1.29 is 33.4 Å². The van der Waals surface area contributed by atoms with Crippen LogP contribution in [0.4, 0.5) is 0 Å². The molecule has 0 radical (unpaired) electrons. The molecule has 0 bridgehead atoms. The molecule has 5 atom stereocenters. The number of halogens is 1. The van der Waals surface area contributed by atoms with E-state index >= 15 is 0 Å². The van der Waals surface area contributed by atoms with Gasteiger partial charge in [-0.25, -0.2) is 0 Å². The Bertz CT molecular complexity index is 3320. The molecule has 3 aromatic carbocycles. The molecule has 2 fully saturated rings. The van der Waals surface area contributed by atoms with Gasteiger partial charge in [-0.05, 0) is 112 Å². The van der Waals surface area contributed by atoms with Crippen molar-refractivity contribution in [1.29, 1.82) is 0 Å². The Morgan fingerprint density at radius 3 is 2.38 bits per heavy atom. The number of rotatable bonds is 13. The van der Waals surface area contributed by atoms with E-state index in [0.717, 1.165) is 55.0 Å². The fourth-order valence-electron chi connectivity index (χ4n) is 10.2. The summed E-state index contributed by atoms with van der Waals surface area (Å²) < 4.78 is 16.4. The molecule has 2 aliphatic heterocycles. The molecule has 3 aliphatic rings. The van der Waals surface area contributed by atoms with Gasteiger partial charge in [-0.2, -0.15) is 0 Å². The minimum absolute atomic E-state index is 0.000660. The number of hydrogen-bond acceptors (Lipinski definition) is 11. The van der Waals surface area contributed by atoms with E-state index in [0.29, 0.717) is 40.4 Å². The van der Waals surface area contributed by atoms with E-state index in [-0.39, 0.29) is 55.1 Å². The van der Waals surface area contributed by atoms with Crippen LogP contribution < -0.4 is 20.7 Å². The largest absolute Gasteiger partial charge is 0.490 e. The third-order valence-electron chi connectivity index (χ3n) is 14.4. The number of likely N-dealkylation sites (tertiary alicyclic amines) is 1. The second-order valence-electron chi connectivity index (χ2n) is 20.9. The van der Waals surface area contributed by atoms with Gasteiger partial charge in [0.25, 0.3) is 5.91 Å². The number of aryl methyl sites for hydroxylation is 3. The lowest BCUT2D eigenvalue weighted by Crippen LogP contribution is -2.57. The second kappa shape index (κ2) is 20.0. The number of carbonyl (C=O) groups excluding carboxylic acids is 4. The minimum Gasteiger partial charge on any atom is -0.490 e. The molecule has 1 saturated heterocycles. The smallest absolute Gasteiger partial charge is 0.287 e. The molecule has 0 spiro atoms. The number of nitrogens with zero attached hydrogens (tertiary/aromatic N) is 6. The maximum Gasteiger partial charge on any atom is 0.287 e. The van der Waals surface area contributed by atoms with Crippen molar-refractivity contribution in [1.82, 2.24) is 40.2 Å². The van der Waals surface area contributed by atoms with Crippen LogP contribution in [0.3, 0.4) is 0 Å². The Hall–Kier alpha value is -7.08. The lowest BCUT2D eigenvalue weighted by atomic mass is 9.85. The van der Waals surface area contributed by atoms with E-state index in [1.807, 2.05) is 113 Å². The van der Waals surface area contributed by atoms with E-state index in [9.17, 15) is 24.3 Å². The van der Waals surface area contributed by atoms with E-state index in [1.54, 1.807) is 35.6 Å². The maximum absolute atomic E-state index is 14.4. The van der Waals surface area contributed by atoms with E-state index in [4.69, 9.17) is 25.7 Å². The Kier molecular flexibility index (Phi) is 13.6. The molecule has 6 heterocycles. The Balaban J connectivity index is 0.754. The number of benzene rings is 3. The standard InChI is InChI=1S/C56H60ClN9O7S/c1-29-10-9-21-64(29)39-17-13-34(14-18-39)31(3)58-52(69)44-26-40(67)28-65(44)54(71)50(56(6,7)8)61-53(70)46-23-36-22-41(19-20-45(36)73-46)72-42-24-38(25-42)59-47(68)27-43-51-63-62-33(5)66(51)55-48(30(2)32(4)74-55)49(60-43)35-11-15-37(57)16-12-35/h9-23,31,38,40,42-44,50,67H,24-28H2,1-8H3,(H,58,69)(H,59,68)(H,61,70)/t31-,38?,40+,42?,43-,44-,50+/m0/s1. The lowest BCUT2D eigenvalue weighted by molar-refractivity contribution is -0.142. The van der Waals surface area contributed by atoms with Gasteiger partial charge in [-0.15, -0.1) is 21.5 Å². The number of nitrogens with one attached hydrogen (secondary N) is 3. The lowest BCUT2D eigenvalue weighted by Gasteiger charge is -2.36. The molecule has 1 saturated carbocycles. The first-order chi connectivity index (χ1) is 35.3. The molecule has 0 unspecified atom stereocenters. The highest BCUT2D eigenvalue weighted by Gasteiger charge is 2.45. The number of furan rings is 1. The molecular formula is C56H60ClN9O7S. The average Bonchev–Trinajstić information content (AvgIpc) is 4.20. The van der Waals surface area contributed by atoms with Crippen LogP contribution in [0.5, 0.6) is 5.75 Å². The van der Waals surface area contributed by atoms with Gasteiger partial charge >= 0.3 is 0 Å². The number of aliphatic hydroxyl groups is 1. The topological polar surface area (TPSA) is 198 Å². The zero-order chi connectivity index (χ0) is 52.3. The molecule has 16 nitrogen and oxygen atoms in total. The Morgan fingerprint density at radius 1 is 0.932 bits per heavy atom. The van der Waals surface area contributed by atoms with Crippen LogP contribution in [0.1, 0.15) is 120 Å². The van der Waals surface area contributed by atoms with E-state index < -0.39 is 41.5 Å². The van der Waals surface area contributed by atoms with Crippen molar-refractivity contribution >= 4 is 63.2 Å². The molecule has 18 heteroatoms. The predicted molar refractivity (Wildman–Crippen MR) is 284 cm³/mol. The first-order valence-electron chi connectivity index (χ1n) is 25.0. The van der Waals surface area contributed by atoms with Crippen molar-refractivity contribution in [3.05, 3.63) is 146 Å². The zero-order valence-corrected chi connectivity index (χ0v) is 44.2. The Morgan fingerprint density at radius 2 is 1.68 bits per heavy atom. The van der Waals surface area contributed by atoms with Crippen LogP contribution >= 0.6 is 22.9 Å². The van der Waals surface area contributed by atoms with Gasteiger partial charge in [0.05, 0.1) is 24.3 Å². The summed E-state index contributed by atoms with van der Waals surface area (Å²) in [6.45, 7) is 15.4. The van der Waals surface area contributed by atoms with Crippen LogP contribution in [0.15, 0.2) is 101 Å². The Labute approximate surface area is 438 Å². The predicted octanol–water partition coefficient (Wildman–Crippen LogP) is 8.74. The highest BCUT2D eigenvalue weighted by atomic mass is 35.5. The summed E-state index contributed by atoms with van der Waals surface area (Å²) in [7, 11) is 0. The zero-order valence-electron chi connectivity index (χ0n) is 42.6. The van der Waals surface area contributed by atoms with E-state index in [2.05, 4.69) is 44.6 Å². The summed E-state index contributed by atoms with van der Waals surface area (Å²) in [5.41, 5.74) is 6.47. The van der Waals surface area contributed by atoms with Crippen LogP contribution in [0.25, 0.3) is 21.7 Å². The van der Waals surface area contributed by atoms with Gasteiger partial charge in [0, 0.05) is 75.8 Å². The molecule has 1 aliphatic carbocycles. The van der Waals surface area contributed by atoms with Gasteiger partial charge in [0.15, 0.2) is 11.6 Å². The highest BCUT2D eigenvalue weighted by Crippen LogP contribution is 2.40. The first-order valence-corrected chi connectivity index (χ1v) is 26.2. The molecule has 4 aromatic heterocycles. The molecule has 10 rings (SSSR count). The average molecular weight is 1040 g/mol. The van der Waals surface area contributed by atoms with Crippen molar-refractivity contribution in [3.63, 3.8) is 0 Å². The third kappa shape index (κ3) is 9.99. The minimum atomic E-state index is -1.06. The highest BCUT2D eigenvalue weighted by molar-refractivity contribution is 7.15. The maximum atomic E-state index is 14.4. The number of aliphatic imine (C=N–C) groups is 1. The van der Waals surface area contributed by atoms with Gasteiger partial charge in [-0.1, -0.05) is 56.6 Å². The number of thiophene rings is 1. The summed E-state index contributed by atoms with van der Waals surface area (Å²) in [5, 5.41) is 31.1. The third-order valence-corrected chi connectivity index (χ3v) is 15.9. The van der Waals surface area contributed by atoms with Crippen LogP contribution in [-0.4, -0.2) is 95.6 Å². The van der Waals surface area contributed by atoms with Crippen molar-refractivity contribution in [3.8, 4) is 16.4 Å². The number of ether oxygens (including phenoxy) is 1. The molecule has 384 valence electrons. The molecule has 74 heavy (non-hydrogen) atoms. The molecule has 7 aromatic rings. The number of fused-ring (bicyclic) bond motifs is 4. The monoisotopic (exact) mass is 1040 g/mol. The summed E-state index contributed by atoms with van der Waals surface area (Å²) in [4.78, 5) is 63.6. The number of carbonyl (C=O) groups is 4. The number of amides is 4. The SMILES string of the molecule is Cc1sc2c(c1C)C(c1ccc(Cl)cc1)=N[C@@H](CC(=O)NC1CC(Oc3ccc4oc(C(=O)N[C@H](C(=O)N5C[C@H](O)C[C@H]5C(=O)N[C@@H](C)c5ccc(-n6cccc6C)cc5)C(C)(C)C)cc4c3)C1)c1nnc(C)n1-2. The number of hydrogen-bond donors (Lipinski definition) is 4. The van der Waals surface area contributed by atoms with Crippen LogP contribution in [0, 0.1) is 33.1 Å². The van der Waals surface area contributed by atoms with Crippen molar-refractivity contribution in [2.75, 3.05) is 6.54 Å². The number of β-amino-alcohol motifs (C(OH)–C–C–N with tert-alkyl or cyclic N) is 1. The van der Waals surface area contributed by atoms with Gasteiger partial charge in [0.2, 0.25) is 17.7 Å². The fourth-order valence-corrected chi connectivity index (χ4v) is 11.5. The molecular weight excluding hydrogens is 978 g/mol. The number of aliphatic hydroxyl groups excluding tert-OH is 1. The van der Waals surface area contributed by atoms with Gasteiger partial charge < -0.3 is 39.7 Å². The molecule has 4 N–H and O–H groups in total. The quantitative estimate of drug-likeness (QED) is 0.0873. The van der Waals surface area contributed by atoms with E-state index in [1.165, 1.54) is 4.90 Å².